The number of phenols is 8. The molecule has 4 aromatic rings. The fourth-order valence-corrected chi connectivity index (χ4v) is 5.92. The number of hydrogen-bond donors (Lipinski definition) is 8. The Balaban J connectivity index is 1.65. The van der Waals surface area contributed by atoms with Crippen molar-refractivity contribution >= 4 is 17.6 Å². The molecule has 0 saturated heterocycles. The van der Waals surface area contributed by atoms with Gasteiger partial charge in [0.2, 0.25) is 0 Å². The highest BCUT2D eigenvalue weighted by Gasteiger charge is 2.43. The molecule has 0 bridgehead atoms. The van der Waals surface area contributed by atoms with E-state index in [0.717, 1.165) is 29.8 Å². The van der Waals surface area contributed by atoms with Gasteiger partial charge in [-0.1, -0.05) is 17.7 Å². The van der Waals surface area contributed by atoms with Crippen molar-refractivity contribution < 1.29 is 50.4 Å². The number of phenolic OH excluding ortho intramolecular Hbond substituents is 8. The predicted molar refractivity (Wildman–Crippen MR) is 164 cm³/mol. The first-order valence-electron chi connectivity index (χ1n) is 13.9. The van der Waals surface area contributed by atoms with Gasteiger partial charge in [-0.15, -0.1) is 0 Å². The van der Waals surface area contributed by atoms with Crippen LogP contribution in [0.3, 0.4) is 0 Å². The Morgan fingerprint density at radius 3 is 1.93 bits per heavy atom. The third-order valence-electron chi connectivity index (χ3n) is 8.01. The van der Waals surface area contributed by atoms with Crippen molar-refractivity contribution in [3.63, 3.8) is 0 Å². The quantitative estimate of drug-likeness (QED) is 0.0704. The summed E-state index contributed by atoms with van der Waals surface area (Å²) >= 11 is 0. The molecule has 0 aromatic heterocycles. The lowest BCUT2D eigenvalue weighted by atomic mass is 9.65. The van der Waals surface area contributed by atoms with Crippen LogP contribution >= 0.6 is 0 Å². The molecule has 230 valence electrons. The molecule has 0 heterocycles. The van der Waals surface area contributed by atoms with E-state index < -0.39 is 46.6 Å². The van der Waals surface area contributed by atoms with E-state index in [1.54, 1.807) is 13.0 Å². The fourth-order valence-electron chi connectivity index (χ4n) is 5.92. The maximum atomic E-state index is 14.3. The lowest BCUT2D eigenvalue weighted by Gasteiger charge is -2.37. The Hall–Kier alpha value is -5.90. The highest BCUT2D eigenvalue weighted by Crippen LogP contribution is 2.53. The third-order valence-corrected chi connectivity index (χ3v) is 8.01. The SMILES string of the molecule is CC1=CC(c2c(O)ccc(C(=O)C=Cc3ccc(O)cc3O)c2O)C(C(=O)c2ccc(O)cc2O)C(c2ccc(O)cc2O)C1. The molecule has 4 aromatic carbocycles. The van der Waals surface area contributed by atoms with Crippen LogP contribution in [0.4, 0.5) is 0 Å². The first-order chi connectivity index (χ1) is 21.3. The number of carbonyl (C=O) groups excluding carboxylic acids is 2. The predicted octanol–water partition coefficient (Wildman–Crippen LogP) is 5.94. The zero-order chi connectivity index (χ0) is 32.6. The summed E-state index contributed by atoms with van der Waals surface area (Å²) in [6.45, 7) is 1.77. The monoisotopic (exact) mass is 610 g/mol. The second-order valence-electron chi connectivity index (χ2n) is 11.0. The van der Waals surface area contributed by atoms with Crippen molar-refractivity contribution in [3.8, 4) is 46.0 Å². The zero-order valence-corrected chi connectivity index (χ0v) is 23.9. The van der Waals surface area contributed by atoms with Gasteiger partial charge in [-0.25, -0.2) is 0 Å². The van der Waals surface area contributed by atoms with Crippen LogP contribution in [0.1, 0.15) is 62.6 Å². The molecular weight excluding hydrogens is 580 g/mol. The first-order valence-corrected chi connectivity index (χ1v) is 13.9. The maximum Gasteiger partial charge on any atom is 0.189 e. The summed E-state index contributed by atoms with van der Waals surface area (Å²) in [6, 6.07) is 13.6. The van der Waals surface area contributed by atoms with Gasteiger partial charge < -0.3 is 40.9 Å². The minimum absolute atomic E-state index is 0.138. The molecule has 1 aliphatic carbocycles. The Bertz CT molecular complexity index is 1890. The summed E-state index contributed by atoms with van der Waals surface area (Å²) in [5.74, 6) is -7.07. The van der Waals surface area contributed by atoms with Crippen molar-refractivity contribution in [1.29, 1.82) is 0 Å². The lowest BCUT2D eigenvalue weighted by Crippen LogP contribution is -2.31. The van der Waals surface area contributed by atoms with Gasteiger partial charge in [-0.3, -0.25) is 9.59 Å². The molecule has 3 unspecified atom stereocenters. The smallest absolute Gasteiger partial charge is 0.189 e. The van der Waals surface area contributed by atoms with Gasteiger partial charge >= 0.3 is 0 Å². The minimum atomic E-state index is -1.16. The average molecular weight is 611 g/mol. The van der Waals surface area contributed by atoms with Crippen LogP contribution in [0.2, 0.25) is 0 Å². The molecule has 8 N–H and O–H groups in total. The van der Waals surface area contributed by atoms with Crippen LogP contribution in [0.15, 0.2) is 84.5 Å². The molecule has 0 fully saturated rings. The second kappa shape index (κ2) is 12.0. The molecule has 10 nitrogen and oxygen atoms in total. The third kappa shape index (κ3) is 5.98. The molecule has 3 atom stereocenters. The Kier molecular flexibility index (Phi) is 8.15. The van der Waals surface area contributed by atoms with E-state index >= 15 is 0 Å². The van der Waals surface area contributed by atoms with Gasteiger partial charge in [0.05, 0.1) is 11.1 Å². The zero-order valence-electron chi connectivity index (χ0n) is 23.9. The number of carbonyl (C=O) groups is 2. The number of allylic oxidation sites excluding steroid dienone is 3. The normalized spacial score (nSPS) is 18.1. The van der Waals surface area contributed by atoms with Gasteiger partial charge in [0.25, 0.3) is 0 Å². The van der Waals surface area contributed by atoms with Crippen molar-refractivity contribution in [3.05, 3.63) is 112 Å². The van der Waals surface area contributed by atoms with E-state index in [1.165, 1.54) is 54.6 Å². The average Bonchev–Trinajstić information content (AvgIpc) is 2.96. The van der Waals surface area contributed by atoms with E-state index in [2.05, 4.69) is 0 Å². The van der Waals surface area contributed by atoms with Gasteiger partial charge in [0.15, 0.2) is 11.6 Å². The molecular formula is C35H30O10. The van der Waals surface area contributed by atoms with Gasteiger partial charge in [0, 0.05) is 47.1 Å². The Morgan fingerprint density at radius 2 is 1.29 bits per heavy atom. The summed E-state index contributed by atoms with van der Waals surface area (Å²) in [5, 5.41) is 83.3. The summed E-state index contributed by atoms with van der Waals surface area (Å²) in [4.78, 5) is 27.5. The minimum Gasteiger partial charge on any atom is -0.508 e. The van der Waals surface area contributed by atoms with Crippen LogP contribution in [0.25, 0.3) is 6.08 Å². The van der Waals surface area contributed by atoms with Gasteiger partial charge in [-0.2, -0.15) is 0 Å². The highest BCUT2D eigenvalue weighted by atomic mass is 16.3. The van der Waals surface area contributed by atoms with Crippen molar-refractivity contribution in [2.24, 2.45) is 5.92 Å². The molecule has 0 saturated carbocycles. The Labute approximate surface area is 257 Å². The van der Waals surface area contributed by atoms with Crippen molar-refractivity contribution in [2.75, 3.05) is 0 Å². The number of Topliss-reactive ketones (excluding diaryl/α,β-unsaturated/α-hetero) is 1. The van der Waals surface area contributed by atoms with E-state index in [0.29, 0.717) is 5.56 Å². The molecule has 0 radical (unpaired) electrons. The van der Waals surface area contributed by atoms with Crippen LogP contribution in [0.5, 0.6) is 46.0 Å². The first kappa shape index (κ1) is 30.6. The van der Waals surface area contributed by atoms with Gasteiger partial charge in [0.1, 0.15) is 46.0 Å². The summed E-state index contributed by atoms with van der Waals surface area (Å²) < 4.78 is 0. The van der Waals surface area contributed by atoms with E-state index in [1.807, 2.05) is 0 Å². The number of hydrogen-bond acceptors (Lipinski definition) is 10. The number of ketones is 2. The summed E-state index contributed by atoms with van der Waals surface area (Å²) in [7, 11) is 0. The van der Waals surface area contributed by atoms with E-state index in [9.17, 15) is 50.4 Å². The maximum absolute atomic E-state index is 14.3. The molecule has 5 rings (SSSR count). The van der Waals surface area contributed by atoms with Crippen molar-refractivity contribution in [1.82, 2.24) is 0 Å². The lowest BCUT2D eigenvalue weighted by molar-refractivity contribution is 0.0876. The van der Waals surface area contributed by atoms with Crippen LogP contribution in [-0.4, -0.2) is 52.4 Å². The molecule has 0 aliphatic heterocycles. The van der Waals surface area contributed by atoms with Crippen LogP contribution in [-0.2, 0) is 0 Å². The number of benzene rings is 4. The van der Waals surface area contributed by atoms with E-state index in [-0.39, 0.29) is 57.4 Å². The molecule has 1 aliphatic rings. The molecule has 0 amide bonds. The molecule has 10 heteroatoms. The van der Waals surface area contributed by atoms with Crippen LogP contribution in [0, 0.1) is 5.92 Å². The summed E-state index contributed by atoms with van der Waals surface area (Å²) in [6.07, 6.45) is 4.31. The summed E-state index contributed by atoms with van der Waals surface area (Å²) in [5.41, 5.74) is 0.750. The fraction of sp³-hybridized carbons (Fsp3) is 0.143. The standard InChI is InChI=1S/C35H30O10/c1-17-12-25(22-7-5-20(37)15-30(22)42)32(34(44)24-8-6-21(38)16-31(24)43)26(13-17)33-28(40)11-9-23(35(33)45)27(39)10-3-18-2-4-19(36)14-29(18)41/h2-11,13-16,25-26,32,36-38,40-43,45H,12H2,1H3. The molecule has 45 heavy (non-hydrogen) atoms. The topological polar surface area (TPSA) is 196 Å². The van der Waals surface area contributed by atoms with Gasteiger partial charge in [-0.05, 0) is 73.5 Å². The number of aromatic hydroxyl groups is 8. The van der Waals surface area contributed by atoms with E-state index in [4.69, 9.17) is 0 Å². The largest absolute Gasteiger partial charge is 0.508 e. The number of rotatable bonds is 7. The van der Waals surface area contributed by atoms with Crippen molar-refractivity contribution in [2.45, 2.75) is 25.2 Å². The highest BCUT2D eigenvalue weighted by molar-refractivity contribution is 6.09. The Morgan fingerprint density at radius 1 is 0.689 bits per heavy atom. The molecule has 0 spiro atoms. The second-order valence-corrected chi connectivity index (χ2v) is 11.0. The van der Waals surface area contributed by atoms with Crippen LogP contribution < -0.4 is 0 Å².